The molecule has 1 aromatic carbocycles. The number of hydrogen-bond donors (Lipinski definition) is 0. The minimum Gasteiger partial charge on any atom is -0.204 e. The van der Waals surface area contributed by atoms with E-state index in [0.717, 1.165) is 16.5 Å². The molecule has 1 unspecified atom stereocenters. The maximum atomic E-state index is 13.3. The summed E-state index contributed by atoms with van der Waals surface area (Å²) in [6, 6.07) is 8.14. The molecular formula is C15H15BrF2S. The topological polar surface area (TPSA) is 0 Å². The third-order valence-electron chi connectivity index (χ3n) is 2.85. The lowest BCUT2D eigenvalue weighted by Gasteiger charge is -2.15. The molecule has 0 N–H and O–H groups in total. The summed E-state index contributed by atoms with van der Waals surface area (Å²) in [5.41, 5.74) is 0.824. The van der Waals surface area contributed by atoms with Crippen LogP contribution in [-0.4, -0.2) is 0 Å². The number of rotatable bonds is 2. The minimum absolute atomic E-state index is 0.101. The van der Waals surface area contributed by atoms with E-state index in [1.807, 2.05) is 6.07 Å². The largest absolute Gasteiger partial charge is 0.204 e. The van der Waals surface area contributed by atoms with Crippen LogP contribution in [-0.2, 0) is 5.41 Å². The highest BCUT2D eigenvalue weighted by atomic mass is 79.9. The summed E-state index contributed by atoms with van der Waals surface area (Å²) in [7, 11) is 0. The molecule has 0 nitrogen and oxygen atoms in total. The molecule has 0 saturated heterocycles. The fourth-order valence-corrected chi connectivity index (χ4v) is 3.52. The van der Waals surface area contributed by atoms with Gasteiger partial charge < -0.3 is 0 Å². The van der Waals surface area contributed by atoms with Crippen molar-refractivity contribution < 1.29 is 8.78 Å². The Morgan fingerprint density at radius 2 is 1.74 bits per heavy atom. The normalized spacial score (nSPS) is 13.6. The van der Waals surface area contributed by atoms with Crippen molar-refractivity contribution in [1.29, 1.82) is 0 Å². The van der Waals surface area contributed by atoms with Crippen LogP contribution in [0.25, 0.3) is 0 Å². The number of halogens is 3. The van der Waals surface area contributed by atoms with Crippen LogP contribution in [0.3, 0.4) is 0 Å². The highest BCUT2D eigenvalue weighted by molar-refractivity contribution is 9.09. The van der Waals surface area contributed by atoms with Gasteiger partial charge in [0.2, 0.25) is 0 Å². The van der Waals surface area contributed by atoms with E-state index < -0.39 is 11.6 Å². The first-order valence-corrected chi connectivity index (χ1v) is 7.71. The van der Waals surface area contributed by atoms with Crippen LogP contribution < -0.4 is 0 Å². The molecule has 0 aliphatic heterocycles. The zero-order valence-electron chi connectivity index (χ0n) is 11.0. The van der Waals surface area contributed by atoms with E-state index in [2.05, 4.69) is 42.8 Å². The zero-order valence-corrected chi connectivity index (χ0v) is 13.4. The minimum atomic E-state index is -0.815. The smallest absolute Gasteiger partial charge is 0.159 e. The van der Waals surface area contributed by atoms with Crippen LogP contribution in [0.4, 0.5) is 8.78 Å². The molecule has 0 amide bonds. The van der Waals surface area contributed by atoms with Gasteiger partial charge in [0, 0.05) is 9.75 Å². The highest BCUT2D eigenvalue weighted by Crippen LogP contribution is 2.39. The second-order valence-corrected chi connectivity index (χ2v) is 7.52. The summed E-state index contributed by atoms with van der Waals surface area (Å²) >= 11 is 5.24. The number of thiophene rings is 1. The molecule has 0 saturated carbocycles. The van der Waals surface area contributed by atoms with E-state index in [1.54, 1.807) is 17.4 Å². The Kier molecular flexibility index (Phi) is 4.11. The molecular weight excluding hydrogens is 330 g/mol. The Morgan fingerprint density at radius 3 is 2.26 bits per heavy atom. The lowest BCUT2D eigenvalue weighted by Crippen LogP contribution is -2.07. The van der Waals surface area contributed by atoms with Crippen LogP contribution in [0.1, 0.15) is 40.9 Å². The van der Waals surface area contributed by atoms with E-state index in [4.69, 9.17) is 0 Å². The standard InChI is InChI=1S/C15H15BrF2S/c1-15(2,3)13-7-6-12(19-13)14(16)9-4-5-10(17)11(18)8-9/h4-8,14H,1-3H3. The van der Waals surface area contributed by atoms with Crippen LogP contribution in [0.2, 0.25) is 0 Å². The predicted octanol–water partition coefficient (Wildman–Crippen LogP) is 5.81. The lowest BCUT2D eigenvalue weighted by atomic mass is 9.95. The third-order valence-corrected chi connectivity index (χ3v) is 5.75. The summed E-state index contributed by atoms with van der Waals surface area (Å²) in [4.78, 5) is 2.26. The van der Waals surface area contributed by atoms with Crippen molar-refractivity contribution in [3.05, 3.63) is 57.3 Å². The van der Waals surface area contributed by atoms with Crippen molar-refractivity contribution in [2.45, 2.75) is 31.0 Å². The van der Waals surface area contributed by atoms with Gasteiger partial charge >= 0.3 is 0 Å². The maximum absolute atomic E-state index is 13.3. The van der Waals surface area contributed by atoms with Crippen LogP contribution in [0.5, 0.6) is 0 Å². The highest BCUT2D eigenvalue weighted by Gasteiger charge is 2.20. The second kappa shape index (κ2) is 5.33. The van der Waals surface area contributed by atoms with Crippen molar-refractivity contribution in [1.82, 2.24) is 0 Å². The van der Waals surface area contributed by atoms with Crippen molar-refractivity contribution in [3.8, 4) is 0 Å². The van der Waals surface area contributed by atoms with Gasteiger partial charge in [-0.05, 0) is 35.2 Å². The van der Waals surface area contributed by atoms with Crippen molar-refractivity contribution in [2.24, 2.45) is 0 Å². The van der Waals surface area contributed by atoms with Crippen LogP contribution in [0.15, 0.2) is 30.3 Å². The Balaban J connectivity index is 2.31. The second-order valence-electron chi connectivity index (χ2n) is 5.49. The molecule has 2 rings (SSSR count). The molecule has 0 spiro atoms. The van der Waals surface area contributed by atoms with Gasteiger partial charge in [0.1, 0.15) is 0 Å². The summed E-state index contributed by atoms with van der Waals surface area (Å²) in [5.74, 6) is -1.63. The summed E-state index contributed by atoms with van der Waals surface area (Å²) in [5, 5.41) is 0. The number of hydrogen-bond acceptors (Lipinski definition) is 1. The summed E-state index contributed by atoms with van der Waals surface area (Å²) in [6.45, 7) is 6.47. The molecule has 102 valence electrons. The van der Waals surface area contributed by atoms with Gasteiger partial charge in [-0.3, -0.25) is 0 Å². The first-order chi connectivity index (χ1) is 8.79. The molecule has 0 fully saturated rings. The van der Waals surface area contributed by atoms with Gasteiger partial charge in [-0.2, -0.15) is 0 Å². The van der Waals surface area contributed by atoms with Gasteiger partial charge in [0.05, 0.1) is 4.83 Å². The monoisotopic (exact) mass is 344 g/mol. The lowest BCUT2D eigenvalue weighted by molar-refractivity contribution is 0.507. The van der Waals surface area contributed by atoms with E-state index in [-0.39, 0.29) is 10.2 Å². The molecule has 0 aliphatic carbocycles. The van der Waals surface area contributed by atoms with Gasteiger partial charge in [-0.25, -0.2) is 8.78 Å². The average molecular weight is 345 g/mol. The van der Waals surface area contributed by atoms with E-state index in [9.17, 15) is 8.78 Å². The number of alkyl halides is 1. The Labute approximate surface area is 124 Å². The summed E-state index contributed by atoms with van der Waals surface area (Å²) in [6.07, 6.45) is 0. The number of benzene rings is 1. The summed E-state index contributed by atoms with van der Waals surface area (Å²) < 4.78 is 26.2. The Hall–Kier alpha value is -0.740. The predicted molar refractivity (Wildman–Crippen MR) is 80.1 cm³/mol. The van der Waals surface area contributed by atoms with Gasteiger partial charge in [0.15, 0.2) is 11.6 Å². The Morgan fingerprint density at radius 1 is 1.05 bits per heavy atom. The molecule has 1 atom stereocenters. The average Bonchev–Trinajstić information content (AvgIpc) is 2.81. The molecule has 0 aliphatic rings. The van der Waals surface area contributed by atoms with Gasteiger partial charge in [-0.1, -0.05) is 42.8 Å². The Bertz CT molecular complexity index is 584. The van der Waals surface area contributed by atoms with Gasteiger partial charge in [0.25, 0.3) is 0 Å². The van der Waals surface area contributed by atoms with Crippen LogP contribution in [0, 0.1) is 11.6 Å². The third kappa shape index (κ3) is 3.23. The molecule has 4 heteroatoms. The van der Waals surface area contributed by atoms with Crippen molar-refractivity contribution in [2.75, 3.05) is 0 Å². The maximum Gasteiger partial charge on any atom is 0.159 e. The quantitative estimate of drug-likeness (QED) is 0.603. The molecule has 0 bridgehead atoms. The fourth-order valence-electron chi connectivity index (χ4n) is 1.73. The SMILES string of the molecule is CC(C)(C)c1ccc(C(Br)c2ccc(F)c(F)c2)s1. The molecule has 1 aromatic heterocycles. The molecule has 0 radical (unpaired) electrons. The van der Waals surface area contributed by atoms with E-state index in [0.29, 0.717) is 0 Å². The fraction of sp³-hybridized carbons (Fsp3) is 0.333. The first kappa shape index (κ1) is 14.7. The molecule has 1 heterocycles. The van der Waals surface area contributed by atoms with E-state index in [1.165, 1.54) is 10.9 Å². The molecule has 19 heavy (non-hydrogen) atoms. The first-order valence-electron chi connectivity index (χ1n) is 5.98. The van der Waals surface area contributed by atoms with Crippen molar-refractivity contribution >= 4 is 27.3 Å². The zero-order chi connectivity index (χ0) is 14.2. The van der Waals surface area contributed by atoms with Crippen LogP contribution >= 0.6 is 27.3 Å². The van der Waals surface area contributed by atoms with Gasteiger partial charge in [-0.15, -0.1) is 11.3 Å². The van der Waals surface area contributed by atoms with Crippen molar-refractivity contribution in [3.63, 3.8) is 0 Å². The van der Waals surface area contributed by atoms with E-state index >= 15 is 0 Å². The molecule has 2 aromatic rings.